The van der Waals surface area contributed by atoms with Crippen molar-refractivity contribution in [3.05, 3.63) is 24.3 Å². The number of carbonyl (C=O) groups excluding carboxylic acids is 1. The average Bonchev–Trinajstić information content (AvgIpc) is 2.88. The summed E-state index contributed by atoms with van der Waals surface area (Å²) in [5.41, 5.74) is 0.115. The molecule has 2 unspecified atom stereocenters. The number of para-hydroxylation sites is 1. The molecule has 2 rings (SSSR count). The van der Waals surface area contributed by atoms with Gasteiger partial charge in [0.2, 0.25) is 15.9 Å². The Morgan fingerprint density at radius 2 is 1.81 bits per heavy atom. The maximum Gasteiger partial charge on any atom is 0.306 e. The van der Waals surface area contributed by atoms with E-state index in [-0.39, 0.29) is 22.9 Å². The Bertz CT molecular complexity index is 671. The zero-order valence-corrected chi connectivity index (χ0v) is 12.0. The molecule has 0 aromatic heterocycles. The summed E-state index contributed by atoms with van der Waals surface area (Å²) in [6, 6.07) is 5.84. The van der Waals surface area contributed by atoms with Crippen molar-refractivity contribution in [3.8, 4) is 0 Å². The Morgan fingerprint density at radius 1 is 1.19 bits per heavy atom. The summed E-state index contributed by atoms with van der Waals surface area (Å²) in [4.78, 5) is 22.8. The summed E-state index contributed by atoms with van der Waals surface area (Å²) >= 11 is 0. The SMILES string of the molecule is NS(=O)(=O)c1ccccc1NC(=O)C1CCC(C(=O)O)C1. The molecule has 0 heterocycles. The molecule has 0 radical (unpaired) electrons. The van der Waals surface area contributed by atoms with Crippen LogP contribution in [-0.2, 0) is 19.6 Å². The van der Waals surface area contributed by atoms with Crippen molar-refractivity contribution in [2.45, 2.75) is 24.2 Å². The van der Waals surface area contributed by atoms with E-state index in [0.29, 0.717) is 12.8 Å². The number of nitrogens with one attached hydrogen (secondary N) is 1. The lowest BCUT2D eigenvalue weighted by molar-refractivity contribution is -0.141. The Morgan fingerprint density at radius 3 is 2.38 bits per heavy atom. The number of benzene rings is 1. The van der Waals surface area contributed by atoms with E-state index in [1.165, 1.54) is 18.2 Å². The topological polar surface area (TPSA) is 127 Å². The monoisotopic (exact) mass is 312 g/mol. The van der Waals surface area contributed by atoms with Crippen molar-refractivity contribution < 1.29 is 23.1 Å². The summed E-state index contributed by atoms with van der Waals surface area (Å²) < 4.78 is 22.9. The molecule has 4 N–H and O–H groups in total. The van der Waals surface area contributed by atoms with Crippen molar-refractivity contribution >= 4 is 27.6 Å². The van der Waals surface area contributed by atoms with E-state index in [1.54, 1.807) is 6.07 Å². The molecule has 1 aliphatic carbocycles. The van der Waals surface area contributed by atoms with Crippen molar-refractivity contribution in [1.82, 2.24) is 0 Å². The number of aliphatic carboxylic acids is 1. The minimum atomic E-state index is -3.94. The second-order valence-electron chi connectivity index (χ2n) is 5.08. The standard InChI is InChI=1S/C13H16N2O5S/c14-21(19,20)11-4-2-1-3-10(11)15-12(16)8-5-6-9(7-8)13(17)18/h1-4,8-9H,5-7H2,(H,15,16)(H,17,18)(H2,14,19,20). The highest BCUT2D eigenvalue weighted by Crippen LogP contribution is 2.32. The molecule has 1 fully saturated rings. The van der Waals surface area contributed by atoms with Crippen LogP contribution in [0.4, 0.5) is 5.69 Å². The number of carbonyl (C=O) groups is 2. The molecule has 7 nitrogen and oxygen atoms in total. The van der Waals surface area contributed by atoms with Crippen LogP contribution in [0.25, 0.3) is 0 Å². The average molecular weight is 312 g/mol. The van der Waals surface area contributed by atoms with Crippen molar-refractivity contribution in [1.29, 1.82) is 0 Å². The molecule has 0 spiro atoms. The van der Waals surface area contributed by atoms with Gasteiger partial charge in [0.1, 0.15) is 4.90 Å². The van der Waals surface area contributed by atoms with Crippen LogP contribution in [0.2, 0.25) is 0 Å². The van der Waals surface area contributed by atoms with Crippen LogP contribution in [0.3, 0.4) is 0 Å². The van der Waals surface area contributed by atoms with Gasteiger partial charge in [0.25, 0.3) is 0 Å². The number of primary sulfonamides is 1. The number of nitrogens with two attached hydrogens (primary N) is 1. The van der Waals surface area contributed by atoms with Crippen molar-refractivity contribution in [3.63, 3.8) is 0 Å². The predicted octanol–water partition coefficient (Wildman–Crippen LogP) is 0.773. The van der Waals surface area contributed by atoms with E-state index in [4.69, 9.17) is 10.2 Å². The van der Waals surface area contributed by atoms with Gasteiger partial charge in [-0.2, -0.15) is 0 Å². The summed E-state index contributed by atoms with van der Waals surface area (Å²) in [7, 11) is -3.94. The maximum absolute atomic E-state index is 12.1. The third kappa shape index (κ3) is 3.59. The normalized spacial score (nSPS) is 22.0. The Balaban J connectivity index is 2.13. The largest absolute Gasteiger partial charge is 0.481 e. The van der Waals surface area contributed by atoms with E-state index < -0.39 is 27.8 Å². The third-order valence-corrected chi connectivity index (χ3v) is 4.57. The fourth-order valence-electron chi connectivity index (χ4n) is 2.50. The summed E-state index contributed by atoms with van der Waals surface area (Å²) in [5.74, 6) is -2.24. The van der Waals surface area contributed by atoms with E-state index in [1.807, 2.05) is 0 Å². The first-order chi connectivity index (χ1) is 9.79. The first-order valence-electron chi connectivity index (χ1n) is 6.44. The fraction of sp³-hybridized carbons (Fsp3) is 0.385. The number of rotatable bonds is 4. The third-order valence-electron chi connectivity index (χ3n) is 3.60. The van der Waals surface area contributed by atoms with Crippen LogP contribution in [0.5, 0.6) is 0 Å². The molecule has 0 saturated heterocycles. The lowest BCUT2D eigenvalue weighted by atomic mass is 10.0. The lowest BCUT2D eigenvalue weighted by Gasteiger charge is -2.13. The van der Waals surface area contributed by atoms with E-state index >= 15 is 0 Å². The number of carboxylic acids is 1. The maximum atomic E-state index is 12.1. The van der Waals surface area contributed by atoms with E-state index in [2.05, 4.69) is 5.32 Å². The lowest BCUT2D eigenvalue weighted by Crippen LogP contribution is -2.23. The predicted molar refractivity (Wildman–Crippen MR) is 74.9 cm³/mol. The number of anilines is 1. The summed E-state index contributed by atoms with van der Waals surface area (Å²) in [6.45, 7) is 0. The molecule has 1 amide bonds. The first-order valence-corrected chi connectivity index (χ1v) is 7.99. The number of hydrogen-bond donors (Lipinski definition) is 3. The molecule has 0 bridgehead atoms. The van der Waals surface area contributed by atoms with Crippen LogP contribution in [0.15, 0.2) is 29.2 Å². The minimum absolute atomic E-state index is 0.115. The Kier molecular flexibility index (Phi) is 4.29. The van der Waals surface area contributed by atoms with Crippen molar-refractivity contribution in [2.24, 2.45) is 17.0 Å². The Hall–Kier alpha value is -1.93. The van der Waals surface area contributed by atoms with Gasteiger partial charge in [-0.3, -0.25) is 9.59 Å². The molecule has 0 aliphatic heterocycles. The van der Waals surface area contributed by atoms with Crippen LogP contribution < -0.4 is 10.5 Å². The molecule has 1 saturated carbocycles. The van der Waals surface area contributed by atoms with Gasteiger partial charge in [-0.15, -0.1) is 0 Å². The van der Waals surface area contributed by atoms with Crippen LogP contribution in [0, 0.1) is 11.8 Å². The van der Waals surface area contributed by atoms with Gasteiger partial charge in [0, 0.05) is 5.92 Å². The van der Waals surface area contributed by atoms with Gasteiger partial charge < -0.3 is 10.4 Å². The quantitative estimate of drug-likeness (QED) is 0.757. The molecule has 1 aromatic carbocycles. The van der Waals surface area contributed by atoms with Crippen LogP contribution >= 0.6 is 0 Å². The number of amides is 1. The fourth-order valence-corrected chi connectivity index (χ4v) is 3.19. The molecule has 2 atom stereocenters. The highest BCUT2D eigenvalue weighted by molar-refractivity contribution is 7.89. The number of hydrogen-bond acceptors (Lipinski definition) is 4. The molecule has 1 aliphatic rings. The van der Waals surface area contributed by atoms with Gasteiger partial charge >= 0.3 is 5.97 Å². The number of sulfonamides is 1. The van der Waals surface area contributed by atoms with Crippen molar-refractivity contribution in [2.75, 3.05) is 5.32 Å². The second-order valence-corrected chi connectivity index (χ2v) is 6.61. The molecular weight excluding hydrogens is 296 g/mol. The minimum Gasteiger partial charge on any atom is -0.481 e. The van der Waals surface area contributed by atoms with Gasteiger partial charge in [0.15, 0.2) is 0 Å². The molecule has 21 heavy (non-hydrogen) atoms. The van der Waals surface area contributed by atoms with Gasteiger partial charge in [0.05, 0.1) is 11.6 Å². The molecule has 1 aromatic rings. The first kappa shape index (κ1) is 15.5. The highest BCUT2D eigenvalue weighted by atomic mass is 32.2. The molecule has 114 valence electrons. The van der Waals surface area contributed by atoms with Crippen LogP contribution in [0.1, 0.15) is 19.3 Å². The van der Waals surface area contributed by atoms with Crippen LogP contribution in [-0.4, -0.2) is 25.4 Å². The second kappa shape index (κ2) is 5.82. The van der Waals surface area contributed by atoms with E-state index in [9.17, 15) is 18.0 Å². The zero-order valence-electron chi connectivity index (χ0n) is 11.2. The summed E-state index contributed by atoms with van der Waals surface area (Å²) in [6.07, 6.45) is 1.18. The highest BCUT2D eigenvalue weighted by Gasteiger charge is 2.34. The smallest absolute Gasteiger partial charge is 0.306 e. The number of carboxylic acid groups (broad SMARTS) is 1. The van der Waals surface area contributed by atoms with Gasteiger partial charge in [-0.05, 0) is 31.4 Å². The van der Waals surface area contributed by atoms with E-state index in [0.717, 1.165) is 0 Å². The van der Waals surface area contributed by atoms with Gasteiger partial charge in [-0.1, -0.05) is 12.1 Å². The molecule has 8 heteroatoms. The Labute approximate surface area is 122 Å². The zero-order chi connectivity index (χ0) is 15.6. The van der Waals surface area contributed by atoms with Gasteiger partial charge in [-0.25, -0.2) is 13.6 Å². The summed E-state index contributed by atoms with van der Waals surface area (Å²) in [5, 5.41) is 16.5. The molecular formula is C13H16N2O5S.